The molecule has 2 heterocycles. The van der Waals surface area contributed by atoms with Crippen LogP contribution in [0.4, 0.5) is 0 Å². The average molecular weight is 290 g/mol. The van der Waals surface area contributed by atoms with Crippen molar-refractivity contribution in [2.24, 2.45) is 5.73 Å². The van der Waals surface area contributed by atoms with Crippen molar-refractivity contribution in [2.75, 3.05) is 13.7 Å². The van der Waals surface area contributed by atoms with Crippen molar-refractivity contribution in [2.45, 2.75) is 31.4 Å². The molecule has 2 aromatic heterocycles. The number of nitrogens with zero attached hydrogens (tertiary/aromatic N) is 3. The zero-order chi connectivity index (χ0) is 14.7. The molecule has 7 nitrogen and oxygen atoms in total. The molecule has 1 fully saturated rings. The lowest BCUT2D eigenvalue weighted by Gasteiger charge is -2.26. The van der Waals surface area contributed by atoms with Gasteiger partial charge in [-0.25, -0.2) is 4.98 Å². The maximum Gasteiger partial charge on any atom is 0.263 e. The summed E-state index contributed by atoms with van der Waals surface area (Å²) in [6.45, 7) is 0.397. The molecule has 1 aliphatic rings. The highest BCUT2D eigenvalue weighted by Crippen LogP contribution is 2.27. The van der Waals surface area contributed by atoms with Crippen LogP contribution in [0.1, 0.15) is 31.1 Å². The van der Waals surface area contributed by atoms with Crippen LogP contribution in [0.3, 0.4) is 0 Å². The molecule has 1 aliphatic carbocycles. The van der Waals surface area contributed by atoms with Gasteiger partial charge in [-0.15, -0.1) is 0 Å². The SMILES string of the molecule is COc1ncccc1-c1nc(C(N)COC2CCC2)no1. The van der Waals surface area contributed by atoms with E-state index in [1.165, 1.54) is 6.42 Å². The van der Waals surface area contributed by atoms with Crippen molar-refractivity contribution in [3.05, 3.63) is 24.2 Å². The zero-order valence-electron chi connectivity index (χ0n) is 11.9. The highest BCUT2D eigenvalue weighted by Gasteiger charge is 2.22. The molecular weight excluding hydrogens is 272 g/mol. The first-order valence-electron chi connectivity index (χ1n) is 6.98. The number of pyridine rings is 1. The molecule has 1 unspecified atom stereocenters. The molecular formula is C14H18N4O3. The second-order valence-electron chi connectivity index (χ2n) is 5.01. The fourth-order valence-corrected chi connectivity index (χ4v) is 2.06. The number of methoxy groups -OCH3 is 1. The first-order valence-corrected chi connectivity index (χ1v) is 6.98. The van der Waals surface area contributed by atoms with Crippen LogP contribution in [-0.4, -0.2) is 34.9 Å². The lowest BCUT2D eigenvalue weighted by Crippen LogP contribution is -2.27. The van der Waals surface area contributed by atoms with E-state index >= 15 is 0 Å². The molecule has 2 aromatic rings. The van der Waals surface area contributed by atoms with Crippen LogP contribution < -0.4 is 10.5 Å². The molecule has 7 heteroatoms. The van der Waals surface area contributed by atoms with Gasteiger partial charge in [-0.3, -0.25) is 0 Å². The van der Waals surface area contributed by atoms with Gasteiger partial charge >= 0.3 is 0 Å². The van der Waals surface area contributed by atoms with Crippen molar-refractivity contribution in [1.29, 1.82) is 0 Å². The van der Waals surface area contributed by atoms with E-state index in [2.05, 4.69) is 15.1 Å². The Morgan fingerprint density at radius 3 is 3.05 bits per heavy atom. The number of rotatable bonds is 6. The van der Waals surface area contributed by atoms with Gasteiger partial charge in [-0.1, -0.05) is 5.16 Å². The van der Waals surface area contributed by atoms with Crippen molar-refractivity contribution in [3.8, 4) is 17.3 Å². The maximum atomic E-state index is 6.03. The van der Waals surface area contributed by atoms with Crippen LogP contribution in [0.15, 0.2) is 22.9 Å². The summed E-state index contributed by atoms with van der Waals surface area (Å²) in [6.07, 6.45) is 5.42. The molecule has 2 N–H and O–H groups in total. The van der Waals surface area contributed by atoms with Gasteiger partial charge in [0.05, 0.1) is 25.9 Å². The van der Waals surface area contributed by atoms with Crippen LogP contribution in [0.5, 0.6) is 5.88 Å². The molecule has 0 amide bonds. The van der Waals surface area contributed by atoms with E-state index in [4.69, 9.17) is 19.7 Å². The lowest BCUT2D eigenvalue weighted by molar-refractivity contribution is -0.00549. The van der Waals surface area contributed by atoms with Crippen LogP contribution >= 0.6 is 0 Å². The Hall–Kier alpha value is -1.99. The van der Waals surface area contributed by atoms with Crippen LogP contribution in [0.25, 0.3) is 11.5 Å². The highest BCUT2D eigenvalue weighted by molar-refractivity contribution is 5.59. The minimum absolute atomic E-state index is 0.334. The Kier molecular flexibility index (Phi) is 4.12. The molecule has 0 aliphatic heterocycles. The smallest absolute Gasteiger partial charge is 0.263 e. The van der Waals surface area contributed by atoms with Gasteiger partial charge in [0.1, 0.15) is 5.56 Å². The van der Waals surface area contributed by atoms with Crippen LogP contribution in [0, 0.1) is 0 Å². The van der Waals surface area contributed by atoms with E-state index in [0.29, 0.717) is 35.9 Å². The molecule has 0 spiro atoms. The molecule has 1 atom stereocenters. The number of aromatic nitrogens is 3. The van der Waals surface area contributed by atoms with Crippen LogP contribution in [-0.2, 0) is 4.74 Å². The molecule has 21 heavy (non-hydrogen) atoms. The van der Waals surface area contributed by atoms with Gasteiger partial charge in [-0.2, -0.15) is 4.98 Å². The van der Waals surface area contributed by atoms with Gasteiger partial charge in [0.15, 0.2) is 5.82 Å². The van der Waals surface area contributed by atoms with E-state index in [0.717, 1.165) is 12.8 Å². The minimum atomic E-state index is -0.397. The fourth-order valence-electron chi connectivity index (χ4n) is 2.06. The third kappa shape index (κ3) is 3.03. The third-order valence-electron chi connectivity index (χ3n) is 3.53. The monoisotopic (exact) mass is 290 g/mol. The van der Waals surface area contributed by atoms with E-state index < -0.39 is 6.04 Å². The zero-order valence-corrected chi connectivity index (χ0v) is 11.9. The summed E-state index contributed by atoms with van der Waals surface area (Å²) in [7, 11) is 1.54. The molecule has 1 saturated carbocycles. The molecule has 3 rings (SSSR count). The van der Waals surface area contributed by atoms with E-state index in [1.54, 1.807) is 25.4 Å². The summed E-state index contributed by atoms with van der Waals surface area (Å²) in [4.78, 5) is 8.41. The van der Waals surface area contributed by atoms with Gasteiger partial charge < -0.3 is 19.7 Å². The lowest BCUT2D eigenvalue weighted by atomic mass is 9.96. The number of ether oxygens (including phenoxy) is 2. The summed E-state index contributed by atoms with van der Waals surface area (Å²) < 4.78 is 16.1. The topological polar surface area (TPSA) is 96.3 Å². The average Bonchev–Trinajstić information content (AvgIpc) is 2.95. The van der Waals surface area contributed by atoms with Crippen molar-refractivity contribution in [3.63, 3.8) is 0 Å². The van der Waals surface area contributed by atoms with Gasteiger partial charge in [0.2, 0.25) is 5.88 Å². The first-order chi connectivity index (χ1) is 10.3. The highest BCUT2D eigenvalue weighted by atomic mass is 16.5. The Morgan fingerprint density at radius 1 is 1.48 bits per heavy atom. The summed E-state index contributed by atoms with van der Waals surface area (Å²) in [6, 6.07) is 3.19. The number of hydrogen-bond donors (Lipinski definition) is 1. The summed E-state index contributed by atoms with van der Waals surface area (Å²) in [5.74, 6) is 1.20. The third-order valence-corrected chi connectivity index (χ3v) is 3.53. The molecule has 0 aromatic carbocycles. The van der Waals surface area contributed by atoms with E-state index in [-0.39, 0.29) is 0 Å². The molecule has 112 valence electrons. The summed E-state index contributed by atoms with van der Waals surface area (Å²) >= 11 is 0. The molecule has 0 bridgehead atoms. The Balaban J connectivity index is 1.70. The minimum Gasteiger partial charge on any atom is -0.480 e. The fraction of sp³-hybridized carbons (Fsp3) is 0.500. The van der Waals surface area contributed by atoms with Crippen molar-refractivity contribution < 1.29 is 14.0 Å². The predicted octanol–water partition coefficient (Wildman–Crippen LogP) is 1.71. The second kappa shape index (κ2) is 6.19. The Labute approximate surface area is 122 Å². The van der Waals surface area contributed by atoms with Gasteiger partial charge in [0, 0.05) is 6.20 Å². The molecule has 0 radical (unpaired) electrons. The van der Waals surface area contributed by atoms with Crippen molar-refractivity contribution >= 4 is 0 Å². The standard InChI is InChI=1S/C14H18N4O3/c1-19-13-10(6-3-7-16-13)14-17-12(18-21-14)11(15)8-20-9-4-2-5-9/h3,6-7,9,11H,2,4-5,8,15H2,1H3. The Bertz CT molecular complexity index is 597. The van der Waals surface area contributed by atoms with Crippen LogP contribution in [0.2, 0.25) is 0 Å². The summed E-state index contributed by atoms with van der Waals surface area (Å²) in [5.41, 5.74) is 6.67. The maximum absolute atomic E-state index is 6.03. The van der Waals surface area contributed by atoms with E-state index in [1.807, 2.05) is 0 Å². The summed E-state index contributed by atoms with van der Waals surface area (Å²) in [5, 5.41) is 3.92. The molecule has 0 saturated heterocycles. The normalized spacial score (nSPS) is 16.5. The largest absolute Gasteiger partial charge is 0.480 e. The van der Waals surface area contributed by atoms with Gasteiger partial charge in [0.25, 0.3) is 5.89 Å². The number of nitrogens with two attached hydrogens (primary N) is 1. The predicted molar refractivity (Wildman–Crippen MR) is 74.6 cm³/mol. The second-order valence-corrected chi connectivity index (χ2v) is 5.01. The quantitative estimate of drug-likeness (QED) is 0.865. The number of hydrogen-bond acceptors (Lipinski definition) is 7. The first kappa shape index (κ1) is 14.0. The van der Waals surface area contributed by atoms with E-state index in [9.17, 15) is 0 Å². The Morgan fingerprint density at radius 2 is 2.33 bits per heavy atom. The van der Waals surface area contributed by atoms with Gasteiger partial charge in [-0.05, 0) is 31.4 Å². The van der Waals surface area contributed by atoms with Crippen molar-refractivity contribution in [1.82, 2.24) is 15.1 Å².